The molecule has 1 aliphatic rings. The third-order valence-electron chi connectivity index (χ3n) is 3.98. The Morgan fingerprint density at radius 2 is 2.12 bits per heavy atom. The zero-order chi connectivity index (χ0) is 17.1. The number of nitrogens with one attached hydrogen (secondary N) is 1. The standard InChI is InChI=1S/C17H19BrN2O3S/c1-11(20(2)9-13-4-6-16(18)24-13)17(21)19-8-12-3-5-14-15(7-12)23-10-22-14/h3-7,11H,8-10H2,1-2H3,(H,19,21)/t11-/m1/s1. The molecule has 0 aliphatic carbocycles. The predicted octanol–water partition coefficient (Wildman–Crippen LogP) is 3.38. The maximum atomic E-state index is 12.4. The third kappa shape index (κ3) is 4.09. The fourth-order valence-electron chi connectivity index (χ4n) is 2.41. The summed E-state index contributed by atoms with van der Waals surface area (Å²) in [7, 11) is 1.96. The zero-order valence-corrected chi connectivity index (χ0v) is 15.9. The highest BCUT2D eigenvalue weighted by Crippen LogP contribution is 2.32. The topological polar surface area (TPSA) is 50.8 Å². The lowest BCUT2D eigenvalue weighted by Crippen LogP contribution is -2.42. The van der Waals surface area contributed by atoms with E-state index in [0.29, 0.717) is 6.54 Å². The Morgan fingerprint density at radius 1 is 1.33 bits per heavy atom. The highest BCUT2D eigenvalue weighted by Gasteiger charge is 2.19. The summed E-state index contributed by atoms with van der Waals surface area (Å²) in [5, 5.41) is 2.98. The molecule has 1 atom stereocenters. The molecule has 2 heterocycles. The van der Waals surface area contributed by atoms with Crippen molar-refractivity contribution in [3.05, 3.63) is 44.6 Å². The van der Waals surface area contributed by atoms with Gasteiger partial charge in [-0.1, -0.05) is 6.07 Å². The molecule has 1 aliphatic heterocycles. The Bertz CT molecular complexity index is 734. The summed E-state index contributed by atoms with van der Waals surface area (Å²) in [5.74, 6) is 1.49. The van der Waals surface area contributed by atoms with Crippen molar-refractivity contribution in [1.29, 1.82) is 0 Å². The molecule has 1 aromatic carbocycles. The van der Waals surface area contributed by atoms with Gasteiger partial charge < -0.3 is 14.8 Å². The molecule has 1 amide bonds. The largest absolute Gasteiger partial charge is 0.454 e. The SMILES string of the molecule is C[C@H](C(=O)NCc1ccc2c(c1)OCO2)N(C)Cc1ccc(Br)s1. The number of benzene rings is 1. The quantitative estimate of drug-likeness (QED) is 0.792. The highest BCUT2D eigenvalue weighted by atomic mass is 79.9. The van der Waals surface area contributed by atoms with Crippen LogP contribution in [-0.4, -0.2) is 30.7 Å². The molecule has 24 heavy (non-hydrogen) atoms. The molecular weight excluding hydrogens is 392 g/mol. The van der Waals surface area contributed by atoms with E-state index in [1.165, 1.54) is 4.88 Å². The van der Waals surface area contributed by atoms with Crippen molar-refractivity contribution in [3.63, 3.8) is 0 Å². The molecule has 1 N–H and O–H groups in total. The number of nitrogens with zero attached hydrogens (tertiary/aromatic N) is 1. The molecule has 0 spiro atoms. The van der Waals surface area contributed by atoms with Gasteiger partial charge in [-0.3, -0.25) is 9.69 Å². The number of fused-ring (bicyclic) bond motifs is 1. The van der Waals surface area contributed by atoms with Crippen LogP contribution in [0.3, 0.4) is 0 Å². The van der Waals surface area contributed by atoms with Crippen LogP contribution in [0.1, 0.15) is 17.4 Å². The lowest BCUT2D eigenvalue weighted by molar-refractivity contribution is -0.125. The van der Waals surface area contributed by atoms with Gasteiger partial charge in [-0.05, 0) is 59.7 Å². The first kappa shape index (κ1) is 17.3. The second kappa shape index (κ2) is 7.55. The van der Waals surface area contributed by atoms with Crippen LogP contribution < -0.4 is 14.8 Å². The fraction of sp³-hybridized carbons (Fsp3) is 0.353. The summed E-state index contributed by atoms with van der Waals surface area (Å²) in [6.45, 7) is 3.39. The third-order valence-corrected chi connectivity index (χ3v) is 5.59. The molecule has 1 aromatic heterocycles. The number of likely N-dealkylation sites (N-methyl/N-ethyl adjacent to an activating group) is 1. The molecule has 3 rings (SSSR count). The van der Waals surface area contributed by atoms with Crippen molar-refractivity contribution in [2.75, 3.05) is 13.8 Å². The minimum absolute atomic E-state index is 0.00536. The van der Waals surface area contributed by atoms with E-state index < -0.39 is 0 Å². The predicted molar refractivity (Wildman–Crippen MR) is 97.4 cm³/mol. The number of hydrogen-bond acceptors (Lipinski definition) is 5. The number of carbonyl (C=O) groups excluding carboxylic acids is 1. The van der Waals surface area contributed by atoms with Crippen molar-refractivity contribution in [1.82, 2.24) is 10.2 Å². The van der Waals surface area contributed by atoms with Crippen LogP contribution in [-0.2, 0) is 17.9 Å². The Labute approximate surface area is 153 Å². The van der Waals surface area contributed by atoms with Crippen molar-refractivity contribution < 1.29 is 14.3 Å². The first-order chi connectivity index (χ1) is 11.5. The smallest absolute Gasteiger partial charge is 0.237 e. The minimum Gasteiger partial charge on any atom is -0.454 e. The lowest BCUT2D eigenvalue weighted by Gasteiger charge is -2.23. The summed E-state index contributed by atoms with van der Waals surface area (Å²) >= 11 is 5.15. The van der Waals surface area contributed by atoms with Gasteiger partial charge in [0.15, 0.2) is 11.5 Å². The van der Waals surface area contributed by atoms with Gasteiger partial charge in [0.1, 0.15) is 0 Å². The molecular formula is C17H19BrN2O3S. The number of thiophene rings is 1. The Balaban J connectivity index is 1.52. The molecule has 5 nitrogen and oxygen atoms in total. The Hall–Kier alpha value is -1.57. The monoisotopic (exact) mass is 410 g/mol. The molecule has 0 bridgehead atoms. The van der Waals surface area contributed by atoms with Gasteiger partial charge in [0.05, 0.1) is 9.83 Å². The van der Waals surface area contributed by atoms with Gasteiger partial charge in [-0.25, -0.2) is 0 Å². The normalized spacial score (nSPS) is 14.0. The van der Waals surface area contributed by atoms with Crippen molar-refractivity contribution in [2.45, 2.75) is 26.1 Å². The Kier molecular flexibility index (Phi) is 5.43. The van der Waals surface area contributed by atoms with Crippen LogP contribution in [0.4, 0.5) is 0 Å². The van der Waals surface area contributed by atoms with Crippen LogP contribution in [0.25, 0.3) is 0 Å². The molecule has 7 heteroatoms. The van der Waals surface area contributed by atoms with Crippen molar-refractivity contribution >= 4 is 33.2 Å². The summed E-state index contributed by atoms with van der Waals surface area (Å²) < 4.78 is 11.7. The zero-order valence-electron chi connectivity index (χ0n) is 13.5. The average molecular weight is 411 g/mol. The molecule has 0 saturated carbocycles. The van der Waals surface area contributed by atoms with Crippen LogP contribution in [0, 0.1) is 0 Å². The lowest BCUT2D eigenvalue weighted by atomic mass is 10.2. The van der Waals surface area contributed by atoms with E-state index in [0.717, 1.165) is 27.4 Å². The van der Waals surface area contributed by atoms with Gasteiger partial charge in [0.2, 0.25) is 12.7 Å². The average Bonchev–Trinajstić information content (AvgIpc) is 3.19. The van der Waals surface area contributed by atoms with Gasteiger partial charge in [0, 0.05) is 18.0 Å². The van der Waals surface area contributed by atoms with Gasteiger partial charge in [0.25, 0.3) is 0 Å². The number of amides is 1. The molecule has 0 fully saturated rings. The van der Waals surface area contributed by atoms with Crippen LogP contribution in [0.2, 0.25) is 0 Å². The fourth-order valence-corrected chi connectivity index (χ4v) is 3.95. The number of ether oxygens (including phenoxy) is 2. The van der Waals surface area contributed by atoms with E-state index in [9.17, 15) is 4.79 Å². The highest BCUT2D eigenvalue weighted by molar-refractivity contribution is 9.11. The van der Waals surface area contributed by atoms with Crippen LogP contribution in [0.15, 0.2) is 34.1 Å². The maximum Gasteiger partial charge on any atom is 0.237 e. The molecule has 0 unspecified atom stereocenters. The van der Waals surface area contributed by atoms with Crippen LogP contribution >= 0.6 is 27.3 Å². The molecule has 0 saturated heterocycles. The number of rotatable bonds is 6. The summed E-state index contributed by atoms with van der Waals surface area (Å²) in [5.41, 5.74) is 0.990. The second-order valence-corrected chi connectivity index (χ2v) is 8.25. The first-order valence-corrected chi connectivity index (χ1v) is 9.24. The summed E-state index contributed by atoms with van der Waals surface area (Å²) in [6.07, 6.45) is 0. The number of halogens is 1. The van der Waals surface area contributed by atoms with E-state index in [1.54, 1.807) is 11.3 Å². The Morgan fingerprint density at radius 3 is 2.88 bits per heavy atom. The summed E-state index contributed by atoms with van der Waals surface area (Å²) in [4.78, 5) is 15.6. The maximum absolute atomic E-state index is 12.4. The number of carbonyl (C=O) groups is 1. The van der Waals surface area contributed by atoms with Crippen molar-refractivity contribution in [3.8, 4) is 11.5 Å². The van der Waals surface area contributed by atoms with E-state index >= 15 is 0 Å². The van der Waals surface area contributed by atoms with E-state index in [-0.39, 0.29) is 18.7 Å². The van der Waals surface area contributed by atoms with Gasteiger partial charge in [-0.2, -0.15) is 0 Å². The molecule has 0 radical (unpaired) electrons. The molecule has 128 valence electrons. The minimum atomic E-state index is -0.208. The molecule has 2 aromatic rings. The first-order valence-electron chi connectivity index (χ1n) is 7.63. The van der Waals surface area contributed by atoms with Gasteiger partial charge >= 0.3 is 0 Å². The van der Waals surface area contributed by atoms with E-state index in [2.05, 4.69) is 27.3 Å². The second-order valence-electron chi connectivity index (χ2n) is 5.70. The van der Waals surface area contributed by atoms with E-state index in [1.807, 2.05) is 43.1 Å². The van der Waals surface area contributed by atoms with Crippen molar-refractivity contribution in [2.24, 2.45) is 0 Å². The van der Waals surface area contributed by atoms with Gasteiger partial charge in [-0.15, -0.1) is 11.3 Å². The van der Waals surface area contributed by atoms with E-state index in [4.69, 9.17) is 9.47 Å². The van der Waals surface area contributed by atoms with Crippen LogP contribution in [0.5, 0.6) is 11.5 Å². The number of hydrogen-bond donors (Lipinski definition) is 1. The summed E-state index contributed by atoms with van der Waals surface area (Å²) in [6, 6.07) is 9.60.